The van der Waals surface area contributed by atoms with Gasteiger partial charge in [-0.3, -0.25) is 4.79 Å². The number of nitriles is 1. The number of benzene rings is 1. The molecule has 0 aliphatic carbocycles. The van der Waals surface area contributed by atoms with Gasteiger partial charge in [-0.1, -0.05) is 18.2 Å². The minimum absolute atomic E-state index is 0.0283. The Labute approximate surface area is 114 Å². The first kappa shape index (κ1) is 15.0. The van der Waals surface area contributed by atoms with Crippen molar-refractivity contribution in [3.8, 4) is 11.8 Å². The lowest BCUT2D eigenvalue weighted by Crippen LogP contribution is -2.35. The van der Waals surface area contributed by atoms with Gasteiger partial charge in [-0.15, -0.1) is 0 Å². The van der Waals surface area contributed by atoms with E-state index in [4.69, 9.17) is 10.00 Å². The van der Waals surface area contributed by atoms with Crippen LogP contribution in [0, 0.1) is 17.2 Å². The summed E-state index contributed by atoms with van der Waals surface area (Å²) in [6, 6.07) is 11.6. The van der Waals surface area contributed by atoms with E-state index in [0.717, 1.165) is 5.75 Å². The maximum absolute atomic E-state index is 12.0. The first-order valence-corrected chi connectivity index (χ1v) is 6.52. The second-order valence-electron chi connectivity index (χ2n) is 4.37. The number of carbonyl (C=O) groups is 1. The van der Waals surface area contributed by atoms with Crippen molar-refractivity contribution in [3.05, 3.63) is 30.3 Å². The highest BCUT2D eigenvalue weighted by Crippen LogP contribution is 2.09. The topological polar surface area (TPSA) is 53.3 Å². The summed E-state index contributed by atoms with van der Waals surface area (Å²) in [6.45, 7) is 5.20. The number of para-hydroxylation sites is 1. The molecule has 4 heteroatoms. The molecule has 0 saturated carbocycles. The standard InChI is InChI=1S/C15H20N2O2/c1-3-17(12-13(2)11-16)15(18)9-10-19-14-7-5-4-6-8-14/h4-8,13H,3,9-10,12H2,1-2H3/t13-/m1/s1. The second kappa shape index (κ2) is 8.15. The van der Waals surface area contributed by atoms with Gasteiger partial charge in [0.25, 0.3) is 0 Å². The number of hydrogen-bond acceptors (Lipinski definition) is 3. The molecule has 0 aliphatic heterocycles. The smallest absolute Gasteiger partial charge is 0.226 e. The van der Waals surface area contributed by atoms with Crippen LogP contribution in [0.4, 0.5) is 0 Å². The van der Waals surface area contributed by atoms with Gasteiger partial charge < -0.3 is 9.64 Å². The molecule has 0 unspecified atom stereocenters. The van der Waals surface area contributed by atoms with Gasteiger partial charge in [0.15, 0.2) is 0 Å². The van der Waals surface area contributed by atoms with Crippen LogP contribution in [-0.2, 0) is 4.79 Å². The van der Waals surface area contributed by atoms with E-state index in [1.165, 1.54) is 0 Å². The Morgan fingerprint density at radius 3 is 2.68 bits per heavy atom. The molecular weight excluding hydrogens is 240 g/mol. The minimum Gasteiger partial charge on any atom is -0.493 e. The van der Waals surface area contributed by atoms with E-state index in [9.17, 15) is 4.79 Å². The molecule has 0 bridgehead atoms. The lowest BCUT2D eigenvalue weighted by Gasteiger charge is -2.22. The molecule has 19 heavy (non-hydrogen) atoms. The van der Waals surface area contributed by atoms with E-state index in [1.807, 2.05) is 44.2 Å². The average molecular weight is 260 g/mol. The van der Waals surface area contributed by atoms with Crippen molar-refractivity contribution in [1.82, 2.24) is 4.90 Å². The summed E-state index contributed by atoms with van der Waals surface area (Å²) >= 11 is 0. The normalized spacial score (nSPS) is 11.4. The number of rotatable bonds is 7. The van der Waals surface area contributed by atoms with Gasteiger partial charge in [-0.25, -0.2) is 0 Å². The van der Waals surface area contributed by atoms with Gasteiger partial charge >= 0.3 is 0 Å². The zero-order valence-electron chi connectivity index (χ0n) is 11.5. The van der Waals surface area contributed by atoms with Crippen LogP contribution in [0.3, 0.4) is 0 Å². The van der Waals surface area contributed by atoms with Crippen LogP contribution in [0.15, 0.2) is 30.3 Å². The summed E-state index contributed by atoms with van der Waals surface area (Å²) in [6.07, 6.45) is 0.334. The highest BCUT2D eigenvalue weighted by Gasteiger charge is 2.14. The van der Waals surface area contributed by atoms with Crippen molar-refractivity contribution in [1.29, 1.82) is 5.26 Å². The number of ether oxygens (including phenoxy) is 1. The Morgan fingerprint density at radius 1 is 1.42 bits per heavy atom. The molecule has 1 rings (SSSR count). The SMILES string of the molecule is CCN(C[C@H](C)C#N)C(=O)CCOc1ccccc1. The monoisotopic (exact) mass is 260 g/mol. The maximum atomic E-state index is 12.0. The number of nitrogens with zero attached hydrogens (tertiary/aromatic N) is 2. The summed E-state index contributed by atoms with van der Waals surface area (Å²) < 4.78 is 5.49. The number of amides is 1. The van der Waals surface area contributed by atoms with Crippen LogP contribution >= 0.6 is 0 Å². The van der Waals surface area contributed by atoms with Crippen LogP contribution in [0.25, 0.3) is 0 Å². The van der Waals surface area contributed by atoms with Gasteiger partial charge in [-0.05, 0) is 26.0 Å². The van der Waals surface area contributed by atoms with Crippen molar-refractivity contribution in [3.63, 3.8) is 0 Å². The second-order valence-corrected chi connectivity index (χ2v) is 4.37. The van der Waals surface area contributed by atoms with E-state index in [1.54, 1.807) is 4.90 Å². The van der Waals surface area contributed by atoms with Gasteiger partial charge in [0.1, 0.15) is 5.75 Å². The first-order valence-electron chi connectivity index (χ1n) is 6.52. The Hall–Kier alpha value is -2.02. The summed E-state index contributed by atoms with van der Waals surface area (Å²) in [4.78, 5) is 13.6. The molecule has 4 nitrogen and oxygen atoms in total. The Balaban J connectivity index is 2.35. The van der Waals surface area contributed by atoms with E-state index in [0.29, 0.717) is 26.1 Å². The Morgan fingerprint density at radius 2 is 2.11 bits per heavy atom. The average Bonchev–Trinajstić information content (AvgIpc) is 2.45. The zero-order valence-corrected chi connectivity index (χ0v) is 11.5. The van der Waals surface area contributed by atoms with E-state index >= 15 is 0 Å². The Kier molecular flexibility index (Phi) is 6.45. The summed E-state index contributed by atoms with van der Waals surface area (Å²) in [5.41, 5.74) is 0. The van der Waals surface area contributed by atoms with Crippen LogP contribution < -0.4 is 4.74 Å². The fourth-order valence-corrected chi connectivity index (χ4v) is 1.71. The summed E-state index contributed by atoms with van der Waals surface area (Å²) in [7, 11) is 0. The van der Waals surface area contributed by atoms with E-state index in [2.05, 4.69) is 6.07 Å². The lowest BCUT2D eigenvalue weighted by molar-refractivity contribution is -0.131. The van der Waals surface area contributed by atoms with Gasteiger partial charge in [0, 0.05) is 13.1 Å². The summed E-state index contributed by atoms with van der Waals surface area (Å²) in [5.74, 6) is 0.656. The minimum atomic E-state index is -0.140. The molecule has 0 N–H and O–H groups in total. The third kappa shape index (κ3) is 5.43. The molecule has 1 aromatic carbocycles. The van der Waals surface area contributed by atoms with E-state index < -0.39 is 0 Å². The van der Waals surface area contributed by atoms with Gasteiger partial charge in [0.05, 0.1) is 25.0 Å². The van der Waals surface area contributed by atoms with Crippen LogP contribution in [0.1, 0.15) is 20.3 Å². The fourth-order valence-electron chi connectivity index (χ4n) is 1.71. The first-order chi connectivity index (χ1) is 9.17. The summed E-state index contributed by atoms with van der Waals surface area (Å²) in [5, 5.41) is 8.77. The van der Waals surface area contributed by atoms with Crippen LogP contribution in [-0.4, -0.2) is 30.5 Å². The molecule has 0 radical (unpaired) electrons. The van der Waals surface area contributed by atoms with Crippen molar-refractivity contribution in [2.75, 3.05) is 19.7 Å². The third-order valence-electron chi connectivity index (χ3n) is 2.78. The molecule has 0 aliphatic rings. The molecule has 1 amide bonds. The highest BCUT2D eigenvalue weighted by molar-refractivity contribution is 5.76. The largest absolute Gasteiger partial charge is 0.493 e. The fraction of sp³-hybridized carbons (Fsp3) is 0.467. The van der Waals surface area contributed by atoms with Gasteiger partial charge in [0.2, 0.25) is 5.91 Å². The Bertz CT molecular complexity index is 426. The number of carbonyl (C=O) groups excluding carboxylic acids is 1. The van der Waals surface area contributed by atoms with Crippen LogP contribution in [0.5, 0.6) is 5.75 Å². The molecule has 102 valence electrons. The quantitative estimate of drug-likeness (QED) is 0.756. The van der Waals surface area contributed by atoms with Crippen molar-refractivity contribution < 1.29 is 9.53 Å². The zero-order chi connectivity index (χ0) is 14.1. The molecule has 0 aromatic heterocycles. The number of hydrogen-bond donors (Lipinski definition) is 0. The van der Waals surface area contributed by atoms with E-state index in [-0.39, 0.29) is 11.8 Å². The van der Waals surface area contributed by atoms with Gasteiger partial charge in [-0.2, -0.15) is 5.26 Å². The molecular formula is C15H20N2O2. The predicted molar refractivity (Wildman–Crippen MR) is 73.6 cm³/mol. The molecule has 1 aromatic rings. The third-order valence-corrected chi connectivity index (χ3v) is 2.78. The molecule has 0 heterocycles. The van der Waals surface area contributed by atoms with Crippen molar-refractivity contribution >= 4 is 5.91 Å². The molecule has 1 atom stereocenters. The highest BCUT2D eigenvalue weighted by atomic mass is 16.5. The lowest BCUT2D eigenvalue weighted by atomic mass is 10.2. The molecule has 0 fully saturated rings. The predicted octanol–water partition coefficient (Wildman–Crippen LogP) is 2.46. The maximum Gasteiger partial charge on any atom is 0.226 e. The molecule has 0 saturated heterocycles. The molecule has 0 spiro atoms. The van der Waals surface area contributed by atoms with Crippen molar-refractivity contribution in [2.24, 2.45) is 5.92 Å². The van der Waals surface area contributed by atoms with Crippen molar-refractivity contribution in [2.45, 2.75) is 20.3 Å². The van der Waals surface area contributed by atoms with Crippen LogP contribution in [0.2, 0.25) is 0 Å².